The monoisotopic (exact) mass is 228 g/mol. The van der Waals surface area contributed by atoms with E-state index in [1.165, 1.54) is 0 Å². The molecule has 0 saturated heterocycles. The largest absolute Gasteiger partial charge is 0.508 e. The van der Waals surface area contributed by atoms with Crippen molar-refractivity contribution in [3.63, 3.8) is 0 Å². The van der Waals surface area contributed by atoms with Crippen molar-refractivity contribution >= 4 is 0 Å². The van der Waals surface area contributed by atoms with E-state index in [2.05, 4.69) is 0 Å². The summed E-state index contributed by atoms with van der Waals surface area (Å²) >= 11 is 0. The summed E-state index contributed by atoms with van der Waals surface area (Å²) in [5.41, 5.74) is 4.18. The number of benzene rings is 2. The number of phenolic OH excluding ortho intramolecular Hbond substituents is 2. The quantitative estimate of drug-likeness (QED) is 0.828. The zero-order valence-electron chi connectivity index (χ0n) is 10.1. The number of hydrogen-bond acceptors (Lipinski definition) is 2. The van der Waals surface area contributed by atoms with Gasteiger partial charge in [0.05, 0.1) is 0 Å². The van der Waals surface area contributed by atoms with Gasteiger partial charge in [-0.15, -0.1) is 0 Å². The average molecular weight is 228 g/mol. The fourth-order valence-corrected chi connectivity index (χ4v) is 1.99. The van der Waals surface area contributed by atoms with Crippen molar-refractivity contribution in [1.82, 2.24) is 0 Å². The molecule has 0 aromatic heterocycles. The SMILES string of the molecule is Cc1cc(O)ccc1Cc1c(C)cccc1O. The molecule has 0 spiro atoms. The Morgan fingerprint density at radius 2 is 1.71 bits per heavy atom. The van der Waals surface area contributed by atoms with Crippen molar-refractivity contribution in [2.45, 2.75) is 20.3 Å². The van der Waals surface area contributed by atoms with E-state index >= 15 is 0 Å². The molecule has 2 rings (SSSR count). The van der Waals surface area contributed by atoms with E-state index < -0.39 is 0 Å². The van der Waals surface area contributed by atoms with Crippen molar-refractivity contribution in [2.24, 2.45) is 0 Å². The Bertz CT molecular complexity index is 524. The van der Waals surface area contributed by atoms with Crippen LogP contribution in [0, 0.1) is 13.8 Å². The summed E-state index contributed by atoms with van der Waals surface area (Å²) in [5.74, 6) is 0.609. The highest BCUT2D eigenvalue weighted by Gasteiger charge is 2.07. The predicted molar refractivity (Wildman–Crippen MR) is 68.5 cm³/mol. The van der Waals surface area contributed by atoms with Crippen molar-refractivity contribution < 1.29 is 10.2 Å². The molecule has 2 nitrogen and oxygen atoms in total. The van der Waals surface area contributed by atoms with Crippen LogP contribution in [0.5, 0.6) is 11.5 Å². The molecule has 2 aromatic rings. The first-order valence-corrected chi connectivity index (χ1v) is 5.64. The summed E-state index contributed by atoms with van der Waals surface area (Å²) in [6.07, 6.45) is 0.685. The Balaban J connectivity index is 2.38. The second kappa shape index (κ2) is 4.50. The molecule has 88 valence electrons. The van der Waals surface area contributed by atoms with Crippen LogP contribution >= 0.6 is 0 Å². The lowest BCUT2D eigenvalue weighted by molar-refractivity contribution is 0.468. The standard InChI is InChI=1S/C15H16O2/c1-10-4-3-5-15(17)14(10)9-12-6-7-13(16)8-11(12)2/h3-8,16-17H,9H2,1-2H3. The molecule has 0 aliphatic rings. The highest BCUT2D eigenvalue weighted by molar-refractivity contribution is 5.44. The first-order chi connectivity index (χ1) is 8.08. The van der Waals surface area contributed by atoms with Gasteiger partial charge in [-0.2, -0.15) is 0 Å². The van der Waals surface area contributed by atoms with Crippen LogP contribution in [0.1, 0.15) is 22.3 Å². The second-order valence-corrected chi connectivity index (χ2v) is 4.36. The smallest absolute Gasteiger partial charge is 0.119 e. The molecule has 0 radical (unpaired) electrons. The van der Waals surface area contributed by atoms with E-state index in [1.54, 1.807) is 18.2 Å². The number of hydrogen-bond donors (Lipinski definition) is 2. The Morgan fingerprint density at radius 3 is 2.35 bits per heavy atom. The van der Waals surface area contributed by atoms with Crippen molar-refractivity contribution in [2.75, 3.05) is 0 Å². The third kappa shape index (κ3) is 2.41. The minimum absolute atomic E-state index is 0.278. The summed E-state index contributed by atoms with van der Waals surface area (Å²) in [4.78, 5) is 0. The Morgan fingerprint density at radius 1 is 0.941 bits per heavy atom. The first kappa shape index (κ1) is 11.5. The Kier molecular flexibility index (Phi) is 3.05. The Labute approximate surface area is 101 Å². The van der Waals surface area contributed by atoms with Gasteiger partial charge in [-0.1, -0.05) is 18.2 Å². The third-order valence-corrected chi connectivity index (χ3v) is 3.08. The minimum atomic E-state index is 0.278. The number of rotatable bonds is 2. The maximum atomic E-state index is 9.85. The Hall–Kier alpha value is -1.96. The van der Waals surface area contributed by atoms with Gasteiger partial charge >= 0.3 is 0 Å². The molecule has 2 heteroatoms. The van der Waals surface area contributed by atoms with E-state index in [-0.39, 0.29) is 5.75 Å². The summed E-state index contributed by atoms with van der Waals surface area (Å²) in [5, 5.41) is 19.2. The predicted octanol–water partition coefficient (Wildman–Crippen LogP) is 3.31. The van der Waals surface area contributed by atoms with Crippen LogP contribution in [0.2, 0.25) is 0 Å². The van der Waals surface area contributed by atoms with Crippen LogP contribution in [0.3, 0.4) is 0 Å². The maximum Gasteiger partial charge on any atom is 0.119 e. The van der Waals surface area contributed by atoms with Crippen molar-refractivity contribution in [3.8, 4) is 11.5 Å². The van der Waals surface area contributed by atoms with Crippen LogP contribution in [0.15, 0.2) is 36.4 Å². The molecule has 17 heavy (non-hydrogen) atoms. The maximum absolute atomic E-state index is 9.85. The van der Waals surface area contributed by atoms with Crippen LogP contribution in [-0.2, 0) is 6.42 Å². The molecular weight excluding hydrogens is 212 g/mol. The van der Waals surface area contributed by atoms with Crippen LogP contribution < -0.4 is 0 Å². The lowest BCUT2D eigenvalue weighted by Gasteiger charge is -2.10. The first-order valence-electron chi connectivity index (χ1n) is 5.64. The molecule has 0 bridgehead atoms. The molecule has 0 aliphatic carbocycles. The van der Waals surface area contributed by atoms with E-state index in [1.807, 2.05) is 32.0 Å². The number of phenols is 2. The van der Waals surface area contributed by atoms with Gasteiger partial charge in [0, 0.05) is 12.0 Å². The topological polar surface area (TPSA) is 40.5 Å². The lowest BCUT2D eigenvalue weighted by Crippen LogP contribution is -1.95. The van der Waals surface area contributed by atoms with Gasteiger partial charge in [-0.3, -0.25) is 0 Å². The van der Waals surface area contributed by atoms with Crippen molar-refractivity contribution in [1.29, 1.82) is 0 Å². The highest BCUT2D eigenvalue weighted by Crippen LogP contribution is 2.26. The fourth-order valence-electron chi connectivity index (χ4n) is 1.99. The lowest BCUT2D eigenvalue weighted by atomic mass is 9.96. The second-order valence-electron chi connectivity index (χ2n) is 4.36. The van der Waals surface area contributed by atoms with Gasteiger partial charge in [-0.05, 0) is 48.7 Å². The third-order valence-electron chi connectivity index (χ3n) is 3.08. The molecule has 0 amide bonds. The molecular formula is C15H16O2. The van der Waals surface area contributed by atoms with Crippen molar-refractivity contribution in [3.05, 3.63) is 58.7 Å². The molecule has 0 heterocycles. The number of aryl methyl sites for hydroxylation is 2. The normalized spacial score (nSPS) is 10.5. The average Bonchev–Trinajstić information content (AvgIpc) is 2.26. The molecule has 0 aliphatic heterocycles. The molecule has 0 atom stereocenters. The molecule has 2 aromatic carbocycles. The van der Waals surface area contributed by atoms with E-state index in [9.17, 15) is 10.2 Å². The highest BCUT2D eigenvalue weighted by atomic mass is 16.3. The van der Waals surface area contributed by atoms with Gasteiger partial charge in [0.1, 0.15) is 11.5 Å². The zero-order valence-corrected chi connectivity index (χ0v) is 10.1. The van der Waals surface area contributed by atoms with E-state index in [0.29, 0.717) is 12.2 Å². The molecule has 0 fully saturated rings. The van der Waals surface area contributed by atoms with Gasteiger partial charge in [0.15, 0.2) is 0 Å². The zero-order chi connectivity index (χ0) is 12.4. The van der Waals surface area contributed by atoms with Crippen LogP contribution in [-0.4, -0.2) is 10.2 Å². The molecule has 0 unspecified atom stereocenters. The number of aromatic hydroxyl groups is 2. The van der Waals surface area contributed by atoms with Crippen LogP contribution in [0.25, 0.3) is 0 Å². The fraction of sp³-hybridized carbons (Fsp3) is 0.200. The van der Waals surface area contributed by atoms with E-state index in [0.717, 1.165) is 22.3 Å². The van der Waals surface area contributed by atoms with E-state index in [4.69, 9.17) is 0 Å². The molecule has 2 N–H and O–H groups in total. The summed E-state index contributed by atoms with van der Waals surface area (Å²) in [6, 6.07) is 10.9. The summed E-state index contributed by atoms with van der Waals surface area (Å²) in [7, 11) is 0. The van der Waals surface area contributed by atoms with Gasteiger partial charge in [0.2, 0.25) is 0 Å². The van der Waals surface area contributed by atoms with Gasteiger partial charge in [-0.25, -0.2) is 0 Å². The summed E-state index contributed by atoms with van der Waals surface area (Å²) in [6.45, 7) is 3.95. The van der Waals surface area contributed by atoms with Gasteiger partial charge < -0.3 is 10.2 Å². The summed E-state index contributed by atoms with van der Waals surface area (Å²) < 4.78 is 0. The molecule has 0 saturated carbocycles. The van der Waals surface area contributed by atoms with Crippen LogP contribution in [0.4, 0.5) is 0 Å². The minimum Gasteiger partial charge on any atom is -0.508 e. The van der Waals surface area contributed by atoms with Gasteiger partial charge in [0.25, 0.3) is 0 Å².